The van der Waals surface area contributed by atoms with Crippen molar-refractivity contribution in [2.24, 2.45) is 0 Å². The van der Waals surface area contributed by atoms with Gasteiger partial charge >= 0.3 is 6.03 Å². The van der Waals surface area contributed by atoms with Gasteiger partial charge < -0.3 is 10.4 Å². The van der Waals surface area contributed by atoms with Crippen molar-refractivity contribution in [1.29, 1.82) is 0 Å². The van der Waals surface area contributed by atoms with Gasteiger partial charge in [0, 0.05) is 18.7 Å². The molecule has 1 heterocycles. The van der Waals surface area contributed by atoms with E-state index in [4.69, 9.17) is 0 Å². The first-order valence-corrected chi connectivity index (χ1v) is 6.88. The summed E-state index contributed by atoms with van der Waals surface area (Å²) in [6, 6.07) is 9.07. The van der Waals surface area contributed by atoms with E-state index >= 15 is 0 Å². The molecule has 6 heteroatoms. The average Bonchev–Trinajstić information content (AvgIpc) is 2.93. The van der Waals surface area contributed by atoms with Gasteiger partial charge in [-0.15, -0.1) is 0 Å². The summed E-state index contributed by atoms with van der Waals surface area (Å²) in [4.78, 5) is 11.9. The van der Waals surface area contributed by atoms with Crippen molar-refractivity contribution in [2.45, 2.75) is 33.0 Å². The molecule has 0 saturated carbocycles. The largest absolute Gasteiger partial charge is 0.392 e. The molecule has 0 aliphatic rings. The van der Waals surface area contributed by atoms with Crippen LogP contribution in [0.25, 0.3) is 0 Å². The Kier molecular flexibility index (Phi) is 4.94. The van der Waals surface area contributed by atoms with Crippen LogP contribution < -0.4 is 10.6 Å². The summed E-state index contributed by atoms with van der Waals surface area (Å²) in [7, 11) is 0. The minimum Gasteiger partial charge on any atom is -0.392 e. The molecule has 0 saturated heterocycles. The highest BCUT2D eigenvalue weighted by Gasteiger charge is 2.09. The number of rotatable bonds is 5. The summed E-state index contributed by atoms with van der Waals surface area (Å²) in [5.41, 5.74) is 1.71. The molecule has 0 atom stereocenters. The fourth-order valence-corrected chi connectivity index (χ4v) is 2.04. The zero-order chi connectivity index (χ0) is 15.2. The van der Waals surface area contributed by atoms with E-state index in [-0.39, 0.29) is 18.7 Å². The van der Waals surface area contributed by atoms with Gasteiger partial charge in [0.1, 0.15) is 5.82 Å². The zero-order valence-corrected chi connectivity index (χ0v) is 12.2. The quantitative estimate of drug-likeness (QED) is 0.789. The number of aliphatic hydroxyl groups excluding tert-OH is 1. The average molecular weight is 288 g/mol. The van der Waals surface area contributed by atoms with Crippen LogP contribution in [0.3, 0.4) is 0 Å². The highest BCUT2D eigenvalue weighted by atomic mass is 16.3. The lowest BCUT2D eigenvalue weighted by atomic mass is 10.1. The number of nitrogens with zero attached hydrogens (tertiary/aromatic N) is 2. The number of urea groups is 1. The van der Waals surface area contributed by atoms with Crippen molar-refractivity contribution in [3.8, 4) is 0 Å². The van der Waals surface area contributed by atoms with Crippen molar-refractivity contribution in [3.05, 3.63) is 47.7 Å². The molecule has 0 aliphatic heterocycles. The van der Waals surface area contributed by atoms with E-state index in [9.17, 15) is 9.90 Å². The van der Waals surface area contributed by atoms with Crippen LogP contribution in [0.5, 0.6) is 0 Å². The van der Waals surface area contributed by atoms with E-state index in [1.54, 1.807) is 16.9 Å². The van der Waals surface area contributed by atoms with E-state index in [0.717, 1.165) is 11.1 Å². The van der Waals surface area contributed by atoms with Gasteiger partial charge in [-0.2, -0.15) is 5.10 Å². The second kappa shape index (κ2) is 6.90. The van der Waals surface area contributed by atoms with Gasteiger partial charge in [0.2, 0.25) is 0 Å². The lowest BCUT2D eigenvalue weighted by Crippen LogP contribution is -2.29. The topological polar surface area (TPSA) is 79.2 Å². The molecule has 0 unspecified atom stereocenters. The number of aromatic nitrogens is 2. The van der Waals surface area contributed by atoms with Crippen molar-refractivity contribution in [3.63, 3.8) is 0 Å². The van der Waals surface area contributed by atoms with Crippen LogP contribution in [0.1, 0.15) is 31.0 Å². The number of benzene rings is 1. The first-order chi connectivity index (χ1) is 10.1. The summed E-state index contributed by atoms with van der Waals surface area (Å²) >= 11 is 0. The lowest BCUT2D eigenvalue weighted by Gasteiger charge is -2.13. The molecular formula is C15H20N4O2. The molecule has 2 amide bonds. The molecule has 0 aliphatic carbocycles. The maximum Gasteiger partial charge on any atom is 0.320 e. The van der Waals surface area contributed by atoms with E-state index in [0.29, 0.717) is 12.4 Å². The Morgan fingerprint density at radius 2 is 2.00 bits per heavy atom. The molecule has 0 radical (unpaired) electrons. The summed E-state index contributed by atoms with van der Waals surface area (Å²) < 4.78 is 1.74. The number of amides is 2. The lowest BCUT2D eigenvalue weighted by molar-refractivity contribution is 0.251. The Bertz CT molecular complexity index is 607. The molecule has 2 aromatic rings. The highest BCUT2D eigenvalue weighted by Crippen LogP contribution is 2.13. The number of carbonyl (C=O) groups is 1. The van der Waals surface area contributed by atoms with E-state index in [2.05, 4.69) is 15.7 Å². The number of carbonyl (C=O) groups excluding carboxylic acids is 1. The van der Waals surface area contributed by atoms with Crippen LogP contribution in [0, 0.1) is 0 Å². The first-order valence-electron chi connectivity index (χ1n) is 6.88. The summed E-state index contributed by atoms with van der Waals surface area (Å²) in [5, 5.41) is 18.9. The standard InChI is InChI=1S/C15H20N4O2/c1-11(2)19-14(7-8-17-19)18-15(21)16-9-12-5-3-4-6-13(12)10-20/h3-8,11,20H,9-10H2,1-2H3,(H2,16,18,21). The fraction of sp³-hybridized carbons (Fsp3) is 0.333. The molecule has 0 bridgehead atoms. The maximum atomic E-state index is 11.9. The minimum atomic E-state index is -0.301. The normalized spacial score (nSPS) is 10.7. The van der Waals surface area contributed by atoms with Gasteiger partial charge in [0.15, 0.2) is 0 Å². The predicted octanol–water partition coefficient (Wildman–Crippen LogP) is 2.28. The van der Waals surface area contributed by atoms with E-state index in [1.165, 1.54) is 0 Å². The summed E-state index contributed by atoms with van der Waals surface area (Å²) in [5.74, 6) is 0.651. The second-order valence-corrected chi connectivity index (χ2v) is 4.99. The van der Waals surface area contributed by atoms with Crippen molar-refractivity contribution < 1.29 is 9.90 Å². The molecular weight excluding hydrogens is 268 g/mol. The number of hydrogen-bond acceptors (Lipinski definition) is 3. The summed E-state index contributed by atoms with van der Waals surface area (Å²) in [6.07, 6.45) is 1.65. The van der Waals surface area contributed by atoms with E-state index in [1.807, 2.05) is 38.1 Å². The number of aliphatic hydroxyl groups is 1. The Labute approximate surface area is 123 Å². The molecule has 0 fully saturated rings. The Hall–Kier alpha value is -2.34. The molecule has 1 aromatic carbocycles. The van der Waals surface area contributed by atoms with Gasteiger partial charge in [-0.3, -0.25) is 5.32 Å². The zero-order valence-electron chi connectivity index (χ0n) is 12.2. The van der Waals surface area contributed by atoms with Gasteiger partial charge in [0.05, 0.1) is 12.8 Å². The van der Waals surface area contributed by atoms with Crippen molar-refractivity contribution in [1.82, 2.24) is 15.1 Å². The van der Waals surface area contributed by atoms with Crippen molar-refractivity contribution >= 4 is 11.8 Å². The molecule has 3 N–H and O–H groups in total. The highest BCUT2D eigenvalue weighted by molar-refractivity contribution is 5.88. The smallest absolute Gasteiger partial charge is 0.320 e. The van der Waals surface area contributed by atoms with Crippen LogP contribution in [0.2, 0.25) is 0 Å². The van der Waals surface area contributed by atoms with Crippen LogP contribution in [0.4, 0.5) is 10.6 Å². The predicted molar refractivity (Wildman–Crippen MR) is 80.8 cm³/mol. The Morgan fingerprint density at radius 1 is 1.29 bits per heavy atom. The second-order valence-electron chi connectivity index (χ2n) is 4.99. The maximum absolute atomic E-state index is 11.9. The van der Waals surface area contributed by atoms with E-state index < -0.39 is 0 Å². The third kappa shape index (κ3) is 3.82. The van der Waals surface area contributed by atoms with Crippen molar-refractivity contribution in [2.75, 3.05) is 5.32 Å². The fourth-order valence-electron chi connectivity index (χ4n) is 2.04. The number of nitrogens with one attached hydrogen (secondary N) is 2. The SMILES string of the molecule is CC(C)n1nccc1NC(=O)NCc1ccccc1CO. The van der Waals surface area contributed by atoms with Gasteiger partial charge in [0.25, 0.3) is 0 Å². The first kappa shape index (κ1) is 15.1. The van der Waals surface area contributed by atoms with Crippen LogP contribution in [-0.4, -0.2) is 20.9 Å². The molecule has 6 nitrogen and oxygen atoms in total. The Balaban J connectivity index is 1.95. The molecule has 0 spiro atoms. The number of hydrogen-bond donors (Lipinski definition) is 3. The van der Waals surface area contributed by atoms with Crippen LogP contribution in [-0.2, 0) is 13.2 Å². The molecule has 2 rings (SSSR count). The van der Waals surface area contributed by atoms with Crippen LogP contribution >= 0.6 is 0 Å². The minimum absolute atomic E-state index is 0.0421. The number of anilines is 1. The monoisotopic (exact) mass is 288 g/mol. The van der Waals surface area contributed by atoms with Gasteiger partial charge in [-0.25, -0.2) is 9.48 Å². The summed E-state index contributed by atoms with van der Waals surface area (Å²) in [6.45, 7) is 4.30. The van der Waals surface area contributed by atoms with Gasteiger partial charge in [-0.1, -0.05) is 24.3 Å². The van der Waals surface area contributed by atoms with Gasteiger partial charge in [-0.05, 0) is 25.0 Å². The Morgan fingerprint density at radius 3 is 2.67 bits per heavy atom. The third-order valence-electron chi connectivity index (χ3n) is 3.13. The molecule has 21 heavy (non-hydrogen) atoms. The molecule has 112 valence electrons. The molecule has 1 aromatic heterocycles. The third-order valence-corrected chi connectivity index (χ3v) is 3.13. The van der Waals surface area contributed by atoms with Crippen LogP contribution in [0.15, 0.2) is 36.5 Å².